The second-order valence-electron chi connectivity index (χ2n) is 5.65. The highest BCUT2D eigenvalue weighted by atomic mass is 15.1. The number of piperidine rings is 1. The van der Waals surface area contributed by atoms with Gasteiger partial charge in [0.1, 0.15) is 0 Å². The van der Waals surface area contributed by atoms with Crippen molar-refractivity contribution in [3.8, 4) is 0 Å². The van der Waals surface area contributed by atoms with Crippen LogP contribution >= 0.6 is 0 Å². The number of likely N-dealkylation sites (tertiary alicyclic amines) is 1. The number of hydrogen-bond acceptors (Lipinski definition) is 3. The highest BCUT2D eigenvalue weighted by Gasteiger charge is 2.12. The summed E-state index contributed by atoms with van der Waals surface area (Å²) < 4.78 is 0. The largest absolute Gasteiger partial charge is 0.317 e. The molecule has 0 bridgehead atoms. The maximum absolute atomic E-state index is 3.65. The van der Waals surface area contributed by atoms with E-state index < -0.39 is 0 Å². The van der Waals surface area contributed by atoms with Gasteiger partial charge >= 0.3 is 0 Å². The minimum Gasteiger partial charge on any atom is -0.317 e. The molecule has 0 aromatic carbocycles. The van der Waals surface area contributed by atoms with Gasteiger partial charge in [-0.2, -0.15) is 0 Å². The van der Waals surface area contributed by atoms with Crippen LogP contribution < -0.4 is 10.6 Å². The molecule has 2 saturated heterocycles. The lowest BCUT2D eigenvalue weighted by Crippen LogP contribution is -2.37. The van der Waals surface area contributed by atoms with Crippen LogP contribution in [-0.2, 0) is 0 Å². The lowest BCUT2D eigenvalue weighted by Gasteiger charge is -2.24. The van der Waals surface area contributed by atoms with Crippen molar-refractivity contribution in [2.45, 2.75) is 38.5 Å². The fraction of sp³-hybridized carbons (Fsp3) is 1.00. The Hall–Kier alpha value is -0.120. The monoisotopic (exact) mass is 239 g/mol. The van der Waals surface area contributed by atoms with Gasteiger partial charge in [0.05, 0.1) is 0 Å². The molecular formula is C14H29N3. The van der Waals surface area contributed by atoms with Gasteiger partial charge in [-0.25, -0.2) is 0 Å². The van der Waals surface area contributed by atoms with Crippen LogP contribution in [0.3, 0.4) is 0 Å². The van der Waals surface area contributed by atoms with Gasteiger partial charge in [0.2, 0.25) is 0 Å². The van der Waals surface area contributed by atoms with Crippen LogP contribution in [0.5, 0.6) is 0 Å². The number of nitrogens with zero attached hydrogens (tertiary/aromatic N) is 1. The van der Waals surface area contributed by atoms with Gasteiger partial charge in [0.15, 0.2) is 0 Å². The third kappa shape index (κ3) is 5.36. The van der Waals surface area contributed by atoms with Gasteiger partial charge in [-0.05, 0) is 64.3 Å². The summed E-state index contributed by atoms with van der Waals surface area (Å²) in [5, 5.41) is 7.08. The summed E-state index contributed by atoms with van der Waals surface area (Å²) in [7, 11) is 0. The smallest absolute Gasteiger partial charge is 0.0107 e. The summed E-state index contributed by atoms with van der Waals surface area (Å²) in [6.45, 7) is 8.77. The first-order valence-electron chi connectivity index (χ1n) is 7.59. The zero-order chi connectivity index (χ0) is 11.8. The molecule has 2 aliphatic rings. The van der Waals surface area contributed by atoms with Crippen molar-refractivity contribution >= 4 is 0 Å². The van der Waals surface area contributed by atoms with Gasteiger partial charge in [-0.1, -0.05) is 12.8 Å². The van der Waals surface area contributed by atoms with Crippen molar-refractivity contribution in [2.75, 3.05) is 45.8 Å². The van der Waals surface area contributed by atoms with Crippen LogP contribution in [0.25, 0.3) is 0 Å². The van der Waals surface area contributed by atoms with Crippen molar-refractivity contribution in [2.24, 2.45) is 5.92 Å². The second kappa shape index (κ2) is 8.06. The summed E-state index contributed by atoms with van der Waals surface area (Å²) in [4.78, 5) is 2.64. The molecule has 2 fully saturated rings. The van der Waals surface area contributed by atoms with Gasteiger partial charge in [0.25, 0.3) is 0 Å². The topological polar surface area (TPSA) is 27.3 Å². The molecule has 0 amide bonds. The maximum Gasteiger partial charge on any atom is 0.0107 e. The molecule has 2 N–H and O–H groups in total. The molecule has 3 nitrogen and oxygen atoms in total. The normalized spacial score (nSPS) is 24.7. The van der Waals surface area contributed by atoms with E-state index in [9.17, 15) is 0 Å². The second-order valence-corrected chi connectivity index (χ2v) is 5.65. The molecule has 0 radical (unpaired) electrons. The fourth-order valence-electron chi connectivity index (χ4n) is 2.99. The predicted molar refractivity (Wildman–Crippen MR) is 73.4 cm³/mol. The zero-order valence-electron chi connectivity index (χ0n) is 11.2. The van der Waals surface area contributed by atoms with E-state index in [2.05, 4.69) is 15.5 Å². The molecule has 0 spiro atoms. The Morgan fingerprint density at radius 3 is 2.41 bits per heavy atom. The Kier molecular flexibility index (Phi) is 6.32. The van der Waals surface area contributed by atoms with Gasteiger partial charge in [-0.3, -0.25) is 0 Å². The van der Waals surface area contributed by atoms with Crippen LogP contribution in [-0.4, -0.2) is 50.7 Å². The number of rotatable bonds is 5. The fourth-order valence-corrected chi connectivity index (χ4v) is 2.99. The molecule has 0 aliphatic carbocycles. The zero-order valence-corrected chi connectivity index (χ0v) is 11.2. The SMILES string of the molecule is C1CCCN(CCNCC2CCNCC2)CC1. The summed E-state index contributed by atoms with van der Waals surface area (Å²) in [6.07, 6.45) is 8.42. The van der Waals surface area contributed by atoms with E-state index in [4.69, 9.17) is 0 Å². The Bertz CT molecular complexity index is 182. The van der Waals surface area contributed by atoms with Crippen molar-refractivity contribution in [1.29, 1.82) is 0 Å². The molecular weight excluding hydrogens is 210 g/mol. The van der Waals surface area contributed by atoms with Crippen LogP contribution in [0.15, 0.2) is 0 Å². The average molecular weight is 239 g/mol. The minimum absolute atomic E-state index is 0.917. The molecule has 17 heavy (non-hydrogen) atoms. The third-order valence-corrected chi connectivity index (χ3v) is 4.20. The Balaban J connectivity index is 1.49. The molecule has 2 rings (SSSR count). The molecule has 0 aromatic rings. The van der Waals surface area contributed by atoms with Gasteiger partial charge in [0, 0.05) is 13.1 Å². The van der Waals surface area contributed by atoms with E-state index in [0.29, 0.717) is 0 Å². The predicted octanol–water partition coefficient (Wildman–Crippen LogP) is 1.45. The standard InChI is InChI=1S/C14H29N3/c1-2-4-11-17(10-3-1)12-9-16-13-14-5-7-15-8-6-14/h14-16H,1-13H2. The third-order valence-electron chi connectivity index (χ3n) is 4.20. The lowest BCUT2D eigenvalue weighted by atomic mass is 9.98. The molecule has 2 aliphatic heterocycles. The number of hydrogen-bond donors (Lipinski definition) is 2. The number of nitrogens with one attached hydrogen (secondary N) is 2. The molecule has 0 atom stereocenters. The van der Waals surface area contributed by atoms with Crippen LogP contribution in [0, 0.1) is 5.92 Å². The average Bonchev–Trinajstić information content (AvgIpc) is 2.65. The summed E-state index contributed by atoms with van der Waals surface area (Å²) in [5.41, 5.74) is 0. The summed E-state index contributed by atoms with van der Waals surface area (Å²) in [6, 6.07) is 0. The van der Waals surface area contributed by atoms with E-state index in [0.717, 1.165) is 5.92 Å². The highest BCUT2D eigenvalue weighted by molar-refractivity contribution is 4.71. The van der Waals surface area contributed by atoms with Gasteiger partial charge < -0.3 is 15.5 Å². The van der Waals surface area contributed by atoms with Gasteiger partial charge in [-0.15, -0.1) is 0 Å². The lowest BCUT2D eigenvalue weighted by molar-refractivity contribution is 0.277. The van der Waals surface area contributed by atoms with Crippen molar-refractivity contribution in [1.82, 2.24) is 15.5 Å². The quantitative estimate of drug-likeness (QED) is 0.711. The van der Waals surface area contributed by atoms with Crippen LogP contribution in [0.2, 0.25) is 0 Å². The Labute approximate surface area is 106 Å². The van der Waals surface area contributed by atoms with E-state index in [1.165, 1.54) is 84.3 Å². The van der Waals surface area contributed by atoms with Crippen LogP contribution in [0.4, 0.5) is 0 Å². The van der Waals surface area contributed by atoms with Crippen molar-refractivity contribution in [3.05, 3.63) is 0 Å². The van der Waals surface area contributed by atoms with E-state index in [1.807, 2.05) is 0 Å². The van der Waals surface area contributed by atoms with Crippen molar-refractivity contribution in [3.63, 3.8) is 0 Å². The summed E-state index contributed by atoms with van der Waals surface area (Å²) in [5.74, 6) is 0.917. The van der Waals surface area contributed by atoms with E-state index >= 15 is 0 Å². The molecule has 0 aromatic heterocycles. The van der Waals surface area contributed by atoms with Crippen molar-refractivity contribution < 1.29 is 0 Å². The summed E-state index contributed by atoms with van der Waals surface area (Å²) >= 11 is 0. The molecule has 2 heterocycles. The Morgan fingerprint density at radius 2 is 1.71 bits per heavy atom. The maximum atomic E-state index is 3.65. The first-order valence-corrected chi connectivity index (χ1v) is 7.59. The van der Waals surface area contributed by atoms with Crippen LogP contribution in [0.1, 0.15) is 38.5 Å². The van der Waals surface area contributed by atoms with E-state index in [1.54, 1.807) is 0 Å². The molecule has 100 valence electrons. The minimum atomic E-state index is 0.917. The molecule has 0 unspecified atom stereocenters. The Morgan fingerprint density at radius 1 is 1.00 bits per heavy atom. The highest BCUT2D eigenvalue weighted by Crippen LogP contribution is 2.10. The first-order chi connectivity index (χ1) is 8.45. The first kappa shape index (κ1) is 13.3. The molecule has 0 saturated carbocycles. The van der Waals surface area contributed by atoms with E-state index in [-0.39, 0.29) is 0 Å². The molecule has 3 heteroatoms.